The number of aromatic nitrogens is 1. The summed E-state index contributed by atoms with van der Waals surface area (Å²) in [6.07, 6.45) is 1.99. The van der Waals surface area contributed by atoms with Crippen LogP contribution in [0, 0.1) is 6.92 Å². The fraction of sp³-hybridized carbons (Fsp3) is 0.200. The van der Waals surface area contributed by atoms with Gasteiger partial charge in [0.25, 0.3) is 0 Å². The van der Waals surface area contributed by atoms with E-state index in [0.717, 1.165) is 22.0 Å². The maximum atomic E-state index is 9.29. The van der Waals surface area contributed by atoms with Gasteiger partial charge < -0.3 is 5.11 Å². The number of fused-ring (bicyclic) bond motifs is 1. The SMILES string of the molecule is [B]c1cc(C)c2c(ccn2SI)c1CO. The summed E-state index contributed by atoms with van der Waals surface area (Å²) in [5.41, 5.74) is 3.75. The van der Waals surface area contributed by atoms with Crippen LogP contribution >= 0.6 is 30.3 Å². The minimum atomic E-state index is -0.0153. The molecule has 1 heterocycles. The summed E-state index contributed by atoms with van der Waals surface area (Å²) in [7, 11) is 7.48. The standard InChI is InChI=1S/C10H9BINOS/c1-6-4-9(11)8(5-14)7-2-3-13(15-12)10(6)7/h2-4,14H,5H2,1H3. The lowest BCUT2D eigenvalue weighted by Crippen LogP contribution is -2.11. The average Bonchev–Trinajstić information content (AvgIpc) is 2.62. The van der Waals surface area contributed by atoms with E-state index in [-0.39, 0.29) is 6.61 Å². The van der Waals surface area contributed by atoms with Gasteiger partial charge >= 0.3 is 0 Å². The molecular formula is C10H9BINOS. The quantitative estimate of drug-likeness (QED) is 0.674. The molecule has 0 aliphatic heterocycles. The molecule has 0 spiro atoms. The van der Waals surface area contributed by atoms with Crippen molar-refractivity contribution in [1.29, 1.82) is 0 Å². The summed E-state index contributed by atoms with van der Waals surface area (Å²) >= 11 is 2.23. The lowest BCUT2D eigenvalue weighted by Gasteiger charge is -2.09. The van der Waals surface area contributed by atoms with Crippen LogP contribution < -0.4 is 5.46 Å². The van der Waals surface area contributed by atoms with Crippen LogP contribution in [0.3, 0.4) is 0 Å². The predicted octanol–water partition coefficient (Wildman–Crippen LogP) is 2.08. The van der Waals surface area contributed by atoms with Crippen LogP contribution in [0.4, 0.5) is 0 Å². The van der Waals surface area contributed by atoms with Gasteiger partial charge in [-0.15, -0.1) is 0 Å². The van der Waals surface area contributed by atoms with Crippen molar-refractivity contribution in [3.8, 4) is 0 Å². The van der Waals surface area contributed by atoms with Crippen molar-refractivity contribution in [2.45, 2.75) is 13.5 Å². The fourth-order valence-electron chi connectivity index (χ4n) is 1.82. The van der Waals surface area contributed by atoms with Gasteiger partial charge in [-0.25, -0.2) is 0 Å². The van der Waals surface area contributed by atoms with Gasteiger partial charge in [-0.2, -0.15) is 0 Å². The number of halogens is 1. The summed E-state index contributed by atoms with van der Waals surface area (Å²) < 4.78 is 2.07. The molecule has 2 nitrogen and oxygen atoms in total. The first-order chi connectivity index (χ1) is 7.19. The van der Waals surface area contributed by atoms with E-state index in [4.69, 9.17) is 7.85 Å². The molecule has 0 fully saturated rings. The molecule has 2 rings (SSSR count). The average molecular weight is 329 g/mol. The third-order valence-electron chi connectivity index (χ3n) is 2.50. The first-order valence-corrected chi connectivity index (χ1v) is 7.79. The van der Waals surface area contributed by atoms with E-state index in [0.29, 0.717) is 5.46 Å². The molecule has 0 amide bonds. The van der Waals surface area contributed by atoms with Crippen molar-refractivity contribution in [3.05, 3.63) is 29.5 Å². The first kappa shape index (κ1) is 11.4. The van der Waals surface area contributed by atoms with Gasteiger partial charge in [-0.05, 0) is 24.1 Å². The van der Waals surface area contributed by atoms with Crippen LogP contribution in [0.15, 0.2) is 18.3 Å². The van der Waals surface area contributed by atoms with Crippen molar-refractivity contribution in [3.63, 3.8) is 0 Å². The normalized spacial score (nSPS) is 11.1. The van der Waals surface area contributed by atoms with Gasteiger partial charge in [0.05, 0.1) is 12.1 Å². The largest absolute Gasteiger partial charge is 0.392 e. The Balaban J connectivity index is 2.86. The molecule has 1 N–H and O–H groups in total. The number of hydrogen-bond acceptors (Lipinski definition) is 2. The number of nitrogens with zero attached hydrogens (tertiary/aromatic N) is 1. The molecule has 1 aromatic heterocycles. The van der Waals surface area contributed by atoms with Gasteiger partial charge in [-0.3, -0.25) is 3.97 Å². The molecule has 0 unspecified atom stereocenters. The molecule has 0 bridgehead atoms. The minimum Gasteiger partial charge on any atom is -0.392 e. The summed E-state index contributed by atoms with van der Waals surface area (Å²) in [5, 5.41) is 10.3. The highest BCUT2D eigenvalue weighted by molar-refractivity contribution is 14.2. The topological polar surface area (TPSA) is 25.2 Å². The van der Waals surface area contributed by atoms with Gasteiger partial charge in [0.15, 0.2) is 0 Å². The van der Waals surface area contributed by atoms with Crippen molar-refractivity contribution < 1.29 is 5.11 Å². The molecule has 5 heteroatoms. The molecule has 0 atom stereocenters. The molecule has 1 aromatic carbocycles. The van der Waals surface area contributed by atoms with E-state index in [2.05, 4.69) is 25.2 Å². The van der Waals surface area contributed by atoms with Gasteiger partial charge in [-0.1, -0.05) is 11.5 Å². The maximum Gasteiger partial charge on any atom is 0.114 e. The number of aliphatic hydroxyl groups excluding tert-OH is 1. The maximum absolute atomic E-state index is 9.29. The molecule has 76 valence electrons. The van der Waals surface area contributed by atoms with Crippen molar-refractivity contribution in [2.24, 2.45) is 0 Å². The van der Waals surface area contributed by atoms with Crippen LogP contribution in [0.1, 0.15) is 11.1 Å². The molecule has 2 radical (unpaired) electrons. The van der Waals surface area contributed by atoms with Gasteiger partial charge in [0.2, 0.25) is 0 Å². The van der Waals surface area contributed by atoms with E-state index >= 15 is 0 Å². The Kier molecular flexibility index (Phi) is 3.32. The summed E-state index contributed by atoms with van der Waals surface area (Å²) in [6, 6.07) is 3.91. The third-order valence-corrected chi connectivity index (χ3v) is 4.23. The van der Waals surface area contributed by atoms with Gasteiger partial charge in [0.1, 0.15) is 7.85 Å². The fourth-order valence-corrected chi connectivity index (χ4v) is 3.23. The lowest BCUT2D eigenvalue weighted by molar-refractivity contribution is 0.284. The van der Waals surface area contributed by atoms with Crippen LogP contribution in [0.25, 0.3) is 10.9 Å². The number of benzene rings is 1. The molecule has 0 aliphatic rings. The van der Waals surface area contributed by atoms with E-state index in [1.165, 1.54) is 0 Å². The van der Waals surface area contributed by atoms with Crippen molar-refractivity contribution >= 4 is 54.5 Å². The van der Waals surface area contributed by atoms with Gasteiger partial charge in [0, 0.05) is 41.9 Å². The highest BCUT2D eigenvalue weighted by atomic mass is 127. The Morgan fingerprint density at radius 3 is 2.93 bits per heavy atom. The molecule has 0 saturated heterocycles. The van der Waals surface area contributed by atoms with Crippen LogP contribution in [-0.4, -0.2) is 16.9 Å². The summed E-state index contributed by atoms with van der Waals surface area (Å²) in [4.78, 5) is 0. The van der Waals surface area contributed by atoms with E-state index in [1.54, 1.807) is 9.12 Å². The Morgan fingerprint density at radius 2 is 2.33 bits per heavy atom. The lowest BCUT2D eigenvalue weighted by atomic mass is 9.87. The number of hydrogen-bond donors (Lipinski definition) is 1. The molecular weight excluding hydrogens is 320 g/mol. The number of aryl methyl sites for hydroxylation is 1. The number of aliphatic hydroxyl groups is 1. The number of rotatable bonds is 2. The predicted molar refractivity (Wildman–Crippen MR) is 75.0 cm³/mol. The molecule has 15 heavy (non-hydrogen) atoms. The molecule has 2 aromatic rings. The monoisotopic (exact) mass is 329 g/mol. The van der Waals surface area contributed by atoms with E-state index in [9.17, 15) is 5.11 Å². The Bertz CT molecular complexity index is 512. The Labute approximate surface area is 106 Å². The van der Waals surface area contributed by atoms with E-state index in [1.807, 2.05) is 25.3 Å². The Morgan fingerprint density at radius 1 is 1.60 bits per heavy atom. The van der Waals surface area contributed by atoms with Crippen molar-refractivity contribution in [1.82, 2.24) is 3.97 Å². The second-order valence-electron chi connectivity index (χ2n) is 3.39. The van der Waals surface area contributed by atoms with Crippen LogP contribution in [0.5, 0.6) is 0 Å². The molecule has 0 aliphatic carbocycles. The smallest absolute Gasteiger partial charge is 0.114 e. The second kappa shape index (κ2) is 4.39. The third kappa shape index (κ3) is 1.81. The van der Waals surface area contributed by atoms with Crippen LogP contribution in [-0.2, 0) is 6.61 Å². The zero-order valence-corrected chi connectivity index (χ0v) is 11.2. The first-order valence-electron chi connectivity index (χ1n) is 4.48. The highest BCUT2D eigenvalue weighted by Crippen LogP contribution is 2.28. The Hall–Kier alpha value is -0.135. The molecule has 0 saturated carbocycles. The van der Waals surface area contributed by atoms with Crippen molar-refractivity contribution in [2.75, 3.05) is 0 Å². The highest BCUT2D eigenvalue weighted by Gasteiger charge is 2.10. The van der Waals surface area contributed by atoms with E-state index < -0.39 is 0 Å². The summed E-state index contributed by atoms with van der Waals surface area (Å²) in [6.45, 7) is 2.02. The second-order valence-corrected chi connectivity index (χ2v) is 5.11. The zero-order chi connectivity index (χ0) is 11.0. The van der Waals surface area contributed by atoms with Crippen LogP contribution in [0.2, 0.25) is 0 Å². The zero-order valence-electron chi connectivity index (χ0n) is 8.20. The summed E-state index contributed by atoms with van der Waals surface area (Å²) in [5.74, 6) is 0. The minimum absolute atomic E-state index is 0.0153.